The Hall–Kier alpha value is -1.69. The molecule has 6 nitrogen and oxygen atoms in total. The van der Waals surface area contributed by atoms with Crippen molar-refractivity contribution in [2.24, 2.45) is 0 Å². The minimum absolute atomic E-state index is 0.0603. The minimum atomic E-state index is -0.0603. The Kier molecular flexibility index (Phi) is 3.87. The zero-order valence-electron chi connectivity index (χ0n) is 9.85. The Balaban J connectivity index is 2.09. The van der Waals surface area contributed by atoms with Gasteiger partial charge in [0.05, 0.1) is 6.61 Å². The molecule has 17 heavy (non-hydrogen) atoms. The number of piperazine rings is 1. The predicted octanol–water partition coefficient (Wildman–Crippen LogP) is -0.0793. The molecule has 2 rings (SSSR count). The molecule has 0 spiro atoms. The highest BCUT2D eigenvalue weighted by molar-refractivity contribution is 5.92. The van der Waals surface area contributed by atoms with Crippen molar-refractivity contribution in [1.82, 2.24) is 20.2 Å². The molecule has 1 aromatic rings. The third kappa shape index (κ3) is 2.91. The molecular weight excluding hydrogens is 220 g/mol. The summed E-state index contributed by atoms with van der Waals surface area (Å²) in [6, 6.07) is 1.59. The molecule has 1 saturated heterocycles. The van der Waals surface area contributed by atoms with E-state index in [-0.39, 0.29) is 5.91 Å². The second kappa shape index (κ2) is 5.58. The van der Waals surface area contributed by atoms with E-state index in [2.05, 4.69) is 15.3 Å². The van der Waals surface area contributed by atoms with Crippen molar-refractivity contribution in [2.75, 3.05) is 32.8 Å². The fourth-order valence-electron chi connectivity index (χ4n) is 1.71. The summed E-state index contributed by atoms with van der Waals surface area (Å²) in [5.41, 5.74) is 0.394. The molecule has 1 fully saturated rings. The van der Waals surface area contributed by atoms with Crippen LogP contribution >= 0.6 is 0 Å². The van der Waals surface area contributed by atoms with Crippen molar-refractivity contribution in [3.05, 3.63) is 18.1 Å². The molecule has 1 aliphatic heterocycles. The summed E-state index contributed by atoms with van der Waals surface area (Å²) in [6.45, 7) is 5.49. The molecule has 0 radical (unpaired) electrons. The number of ether oxygens (including phenoxy) is 1. The van der Waals surface area contributed by atoms with E-state index in [1.165, 1.54) is 6.33 Å². The van der Waals surface area contributed by atoms with Gasteiger partial charge in [-0.05, 0) is 6.92 Å². The van der Waals surface area contributed by atoms with E-state index in [9.17, 15) is 4.79 Å². The molecule has 0 aromatic carbocycles. The van der Waals surface area contributed by atoms with Gasteiger partial charge in [-0.15, -0.1) is 0 Å². The lowest BCUT2D eigenvalue weighted by Crippen LogP contribution is -2.46. The van der Waals surface area contributed by atoms with Crippen molar-refractivity contribution in [2.45, 2.75) is 6.92 Å². The van der Waals surface area contributed by atoms with Crippen LogP contribution in [0, 0.1) is 0 Å². The van der Waals surface area contributed by atoms with Gasteiger partial charge in [-0.1, -0.05) is 0 Å². The van der Waals surface area contributed by atoms with E-state index in [1.807, 2.05) is 6.92 Å². The third-order valence-corrected chi connectivity index (χ3v) is 2.56. The van der Waals surface area contributed by atoms with Gasteiger partial charge in [-0.3, -0.25) is 4.79 Å². The Bertz CT molecular complexity index is 391. The maximum absolute atomic E-state index is 12.1. The summed E-state index contributed by atoms with van der Waals surface area (Å²) in [7, 11) is 0. The standard InChI is InChI=1S/C11H16N4O2/c1-2-17-10-7-9(13-8-14-10)11(16)15-5-3-12-4-6-15/h7-8,12H,2-6H2,1H3. The van der Waals surface area contributed by atoms with Gasteiger partial charge < -0.3 is 15.0 Å². The monoisotopic (exact) mass is 236 g/mol. The topological polar surface area (TPSA) is 67.3 Å². The maximum Gasteiger partial charge on any atom is 0.272 e. The zero-order chi connectivity index (χ0) is 12.1. The first-order valence-corrected chi connectivity index (χ1v) is 5.76. The highest BCUT2D eigenvalue weighted by Crippen LogP contribution is 2.09. The lowest BCUT2D eigenvalue weighted by Gasteiger charge is -2.27. The molecule has 6 heteroatoms. The number of nitrogens with zero attached hydrogens (tertiary/aromatic N) is 3. The Morgan fingerprint density at radius 3 is 2.94 bits per heavy atom. The summed E-state index contributed by atoms with van der Waals surface area (Å²) in [5, 5.41) is 3.20. The van der Waals surface area contributed by atoms with Crippen molar-refractivity contribution < 1.29 is 9.53 Å². The number of carbonyl (C=O) groups excluding carboxylic acids is 1. The molecule has 1 aliphatic rings. The fraction of sp³-hybridized carbons (Fsp3) is 0.545. The van der Waals surface area contributed by atoms with Crippen LogP contribution in [0.25, 0.3) is 0 Å². The van der Waals surface area contributed by atoms with Crippen LogP contribution in [0.3, 0.4) is 0 Å². The normalized spacial score (nSPS) is 15.7. The van der Waals surface area contributed by atoms with Crippen LogP contribution in [0.4, 0.5) is 0 Å². The minimum Gasteiger partial charge on any atom is -0.478 e. The first-order chi connectivity index (χ1) is 8.31. The Labute approximate surface area is 100 Å². The first kappa shape index (κ1) is 11.8. The first-order valence-electron chi connectivity index (χ1n) is 5.76. The van der Waals surface area contributed by atoms with E-state index in [0.717, 1.165) is 13.1 Å². The number of carbonyl (C=O) groups is 1. The second-order valence-corrected chi connectivity index (χ2v) is 3.72. The molecule has 1 aromatic heterocycles. The van der Waals surface area contributed by atoms with Crippen molar-refractivity contribution in [3.8, 4) is 5.88 Å². The van der Waals surface area contributed by atoms with Gasteiger partial charge in [-0.2, -0.15) is 0 Å². The molecule has 2 heterocycles. The van der Waals surface area contributed by atoms with Gasteiger partial charge in [-0.25, -0.2) is 9.97 Å². The van der Waals surface area contributed by atoms with Crippen LogP contribution in [-0.4, -0.2) is 53.6 Å². The number of aromatic nitrogens is 2. The van der Waals surface area contributed by atoms with Crippen molar-refractivity contribution in [3.63, 3.8) is 0 Å². The van der Waals surface area contributed by atoms with Gasteiger partial charge >= 0.3 is 0 Å². The molecule has 0 bridgehead atoms. The number of hydrogen-bond acceptors (Lipinski definition) is 5. The Morgan fingerprint density at radius 1 is 1.47 bits per heavy atom. The van der Waals surface area contributed by atoms with E-state index in [4.69, 9.17) is 4.74 Å². The molecular formula is C11H16N4O2. The summed E-state index contributed by atoms with van der Waals surface area (Å²) < 4.78 is 5.25. The Morgan fingerprint density at radius 2 is 2.24 bits per heavy atom. The summed E-state index contributed by atoms with van der Waals surface area (Å²) >= 11 is 0. The summed E-state index contributed by atoms with van der Waals surface area (Å²) in [5.74, 6) is 0.385. The van der Waals surface area contributed by atoms with Crippen LogP contribution < -0.4 is 10.1 Å². The summed E-state index contributed by atoms with van der Waals surface area (Å²) in [4.78, 5) is 21.8. The van der Waals surface area contributed by atoms with Gasteiger partial charge in [0.1, 0.15) is 12.0 Å². The molecule has 0 unspecified atom stereocenters. The molecule has 92 valence electrons. The zero-order valence-corrected chi connectivity index (χ0v) is 9.85. The van der Waals surface area contributed by atoms with Gasteiger partial charge in [0.25, 0.3) is 5.91 Å². The van der Waals surface area contributed by atoms with E-state index < -0.39 is 0 Å². The van der Waals surface area contributed by atoms with Crippen LogP contribution in [0.2, 0.25) is 0 Å². The smallest absolute Gasteiger partial charge is 0.272 e. The quantitative estimate of drug-likeness (QED) is 0.795. The van der Waals surface area contributed by atoms with Gasteiger partial charge in [0.2, 0.25) is 5.88 Å². The number of hydrogen-bond donors (Lipinski definition) is 1. The molecule has 0 atom stereocenters. The largest absolute Gasteiger partial charge is 0.478 e. The molecule has 0 saturated carbocycles. The third-order valence-electron chi connectivity index (χ3n) is 2.56. The van der Waals surface area contributed by atoms with Crippen LogP contribution in [0.5, 0.6) is 5.88 Å². The van der Waals surface area contributed by atoms with Crippen LogP contribution in [0.1, 0.15) is 17.4 Å². The predicted molar refractivity (Wildman–Crippen MR) is 62.0 cm³/mol. The van der Waals surface area contributed by atoms with Gasteiger partial charge in [0.15, 0.2) is 0 Å². The van der Waals surface area contributed by atoms with E-state index in [1.54, 1.807) is 11.0 Å². The molecule has 1 N–H and O–H groups in total. The van der Waals surface area contributed by atoms with Gasteiger partial charge in [0, 0.05) is 32.2 Å². The summed E-state index contributed by atoms with van der Waals surface area (Å²) in [6.07, 6.45) is 1.36. The maximum atomic E-state index is 12.1. The lowest BCUT2D eigenvalue weighted by atomic mass is 10.3. The van der Waals surface area contributed by atoms with Crippen LogP contribution in [-0.2, 0) is 0 Å². The van der Waals surface area contributed by atoms with Crippen molar-refractivity contribution >= 4 is 5.91 Å². The highest BCUT2D eigenvalue weighted by atomic mass is 16.5. The van der Waals surface area contributed by atoms with Crippen LogP contribution in [0.15, 0.2) is 12.4 Å². The second-order valence-electron chi connectivity index (χ2n) is 3.72. The van der Waals surface area contributed by atoms with E-state index in [0.29, 0.717) is 31.3 Å². The van der Waals surface area contributed by atoms with Crippen molar-refractivity contribution in [1.29, 1.82) is 0 Å². The number of amides is 1. The number of rotatable bonds is 3. The molecule has 0 aliphatic carbocycles. The molecule has 1 amide bonds. The highest BCUT2D eigenvalue weighted by Gasteiger charge is 2.19. The average molecular weight is 236 g/mol. The SMILES string of the molecule is CCOc1cc(C(=O)N2CCNCC2)ncn1. The average Bonchev–Trinajstić information content (AvgIpc) is 2.40. The lowest BCUT2D eigenvalue weighted by molar-refractivity contribution is 0.0729. The number of nitrogens with one attached hydrogen (secondary N) is 1. The fourth-order valence-corrected chi connectivity index (χ4v) is 1.71. The van der Waals surface area contributed by atoms with E-state index >= 15 is 0 Å².